The molecule has 1 N–H and O–H groups in total. The van der Waals surface area contributed by atoms with Gasteiger partial charge in [0, 0.05) is 23.8 Å². The molecule has 0 bridgehead atoms. The molecule has 0 aromatic carbocycles. The molecule has 3 aromatic rings. The second kappa shape index (κ2) is 9.00. The van der Waals surface area contributed by atoms with Crippen LogP contribution in [-0.4, -0.2) is 35.2 Å². The van der Waals surface area contributed by atoms with E-state index in [-0.39, 0.29) is 6.04 Å². The van der Waals surface area contributed by atoms with Gasteiger partial charge in [0.25, 0.3) is 0 Å². The van der Waals surface area contributed by atoms with Crippen LogP contribution in [0.15, 0.2) is 41.6 Å². The van der Waals surface area contributed by atoms with Crippen LogP contribution in [0.4, 0.5) is 13.2 Å². The van der Waals surface area contributed by atoms with Crippen LogP contribution >= 0.6 is 0 Å². The lowest BCUT2D eigenvalue weighted by atomic mass is 10.1. The molecule has 11 heteroatoms. The number of halogens is 3. The van der Waals surface area contributed by atoms with Crippen LogP contribution in [-0.2, 0) is 10.0 Å². The van der Waals surface area contributed by atoms with Crippen molar-refractivity contribution in [3.8, 4) is 17.5 Å². The maximum Gasteiger partial charge on any atom is 0.404 e. The topological polar surface area (TPSA) is 101 Å². The highest BCUT2D eigenvalue weighted by Crippen LogP contribution is 2.43. The van der Waals surface area contributed by atoms with E-state index in [2.05, 4.69) is 23.0 Å². The first-order chi connectivity index (χ1) is 16.1. The fraction of sp³-hybridized carbons (Fsp3) is 0.435. The van der Waals surface area contributed by atoms with E-state index >= 15 is 0 Å². The van der Waals surface area contributed by atoms with Gasteiger partial charge in [-0.1, -0.05) is 13.3 Å². The standard InChI is InChI=1S/C23H24F3N5O2S/c1-3-15-6-7-16(11-15)31-21(19(12-27)18-5-4-10-28-22(18)31)20-9-8-17(13-29-20)34(32,33)30-14(2)23(24,25)26/h4-5,8-10,13-16,30H,3,6-7,11H2,1-2H3/t14-,15?,16?/m0/s1. The predicted octanol–water partition coefficient (Wildman–Crippen LogP) is 4.95. The minimum Gasteiger partial charge on any atom is -0.320 e. The lowest BCUT2D eigenvalue weighted by molar-refractivity contribution is -0.147. The zero-order valence-electron chi connectivity index (χ0n) is 18.7. The molecule has 0 aliphatic heterocycles. The Morgan fingerprint density at radius 2 is 2.03 bits per heavy atom. The van der Waals surface area contributed by atoms with Gasteiger partial charge in [-0.05, 0) is 56.4 Å². The highest BCUT2D eigenvalue weighted by atomic mass is 32.2. The van der Waals surface area contributed by atoms with E-state index in [1.165, 1.54) is 12.1 Å². The van der Waals surface area contributed by atoms with Crippen LogP contribution in [0.3, 0.4) is 0 Å². The van der Waals surface area contributed by atoms with Crippen LogP contribution < -0.4 is 4.72 Å². The molecule has 4 rings (SSSR count). The number of sulfonamides is 1. The number of pyridine rings is 2. The Kier molecular flexibility index (Phi) is 6.40. The Hall–Kier alpha value is -2.97. The van der Waals surface area contributed by atoms with Gasteiger partial charge in [0.2, 0.25) is 10.0 Å². The second-order valence-electron chi connectivity index (χ2n) is 8.58. The number of hydrogen-bond donors (Lipinski definition) is 1. The van der Waals surface area contributed by atoms with Crippen molar-refractivity contribution >= 4 is 21.1 Å². The van der Waals surface area contributed by atoms with Gasteiger partial charge in [0.05, 0.1) is 17.0 Å². The van der Waals surface area contributed by atoms with E-state index in [0.717, 1.165) is 38.8 Å². The number of nitriles is 1. The van der Waals surface area contributed by atoms with Gasteiger partial charge in [0.1, 0.15) is 22.7 Å². The van der Waals surface area contributed by atoms with Crippen LogP contribution in [0.2, 0.25) is 0 Å². The summed E-state index contributed by atoms with van der Waals surface area (Å²) in [5, 5.41) is 10.6. The summed E-state index contributed by atoms with van der Waals surface area (Å²) in [7, 11) is -4.44. The highest BCUT2D eigenvalue weighted by molar-refractivity contribution is 7.89. The summed E-state index contributed by atoms with van der Waals surface area (Å²) < 4.78 is 67.0. The van der Waals surface area contributed by atoms with Crippen LogP contribution in [0.25, 0.3) is 22.4 Å². The molecular weight excluding hydrogens is 467 g/mol. The Morgan fingerprint density at radius 1 is 1.26 bits per heavy atom. The third-order valence-electron chi connectivity index (χ3n) is 6.44. The lowest BCUT2D eigenvalue weighted by Gasteiger charge is -2.19. The zero-order valence-corrected chi connectivity index (χ0v) is 19.5. The first-order valence-electron chi connectivity index (χ1n) is 11.0. The number of nitrogens with one attached hydrogen (secondary N) is 1. The van der Waals surface area contributed by atoms with Crippen LogP contribution in [0.1, 0.15) is 51.1 Å². The molecule has 0 amide bonds. The van der Waals surface area contributed by atoms with Crippen molar-refractivity contribution in [2.75, 3.05) is 0 Å². The van der Waals surface area contributed by atoms with Crippen LogP contribution in [0.5, 0.6) is 0 Å². The van der Waals surface area contributed by atoms with E-state index < -0.39 is 27.1 Å². The molecule has 0 saturated heterocycles. The van der Waals surface area contributed by atoms with Crippen molar-refractivity contribution < 1.29 is 21.6 Å². The summed E-state index contributed by atoms with van der Waals surface area (Å²) in [6, 6.07) is 6.29. The van der Waals surface area contributed by atoms with Crippen molar-refractivity contribution in [2.45, 2.75) is 62.7 Å². The smallest absolute Gasteiger partial charge is 0.320 e. The van der Waals surface area contributed by atoms with Crippen molar-refractivity contribution in [1.82, 2.24) is 19.3 Å². The quantitative estimate of drug-likeness (QED) is 0.526. The maximum atomic E-state index is 12.8. The summed E-state index contributed by atoms with van der Waals surface area (Å²) in [5.41, 5.74) is 1.95. The molecular formula is C23H24F3N5O2S. The number of hydrogen-bond acceptors (Lipinski definition) is 5. The first-order valence-corrected chi connectivity index (χ1v) is 12.5. The molecule has 0 spiro atoms. The summed E-state index contributed by atoms with van der Waals surface area (Å²) in [6.45, 7) is 2.88. The molecule has 1 aliphatic rings. The molecule has 34 heavy (non-hydrogen) atoms. The Balaban J connectivity index is 1.79. The molecule has 3 heterocycles. The van der Waals surface area contributed by atoms with Gasteiger partial charge in [-0.2, -0.15) is 23.2 Å². The first kappa shape index (κ1) is 24.2. The summed E-state index contributed by atoms with van der Waals surface area (Å²) in [6.07, 6.45) is 1.92. The van der Waals surface area contributed by atoms with E-state index in [4.69, 9.17) is 0 Å². The molecule has 1 fully saturated rings. The van der Waals surface area contributed by atoms with Gasteiger partial charge in [-0.25, -0.2) is 13.4 Å². The molecule has 3 aromatic heterocycles. The monoisotopic (exact) mass is 491 g/mol. The molecule has 7 nitrogen and oxygen atoms in total. The molecule has 3 atom stereocenters. The second-order valence-corrected chi connectivity index (χ2v) is 10.3. The Bertz CT molecular complexity index is 1340. The third kappa shape index (κ3) is 4.40. The molecule has 0 radical (unpaired) electrons. The number of rotatable bonds is 6. The largest absolute Gasteiger partial charge is 0.404 e. The number of aromatic nitrogens is 3. The van der Waals surface area contributed by atoms with Gasteiger partial charge >= 0.3 is 6.18 Å². The maximum absolute atomic E-state index is 12.8. The van der Waals surface area contributed by atoms with Crippen LogP contribution in [0, 0.1) is 17.2 Å². The summed E-state index contributed by atoms with van der Waals surface area (Å²) >= 11 is 0. The van der Waals surface area contributed by atoms with Gasteiger partial charge in [0.15, 0.2) is 0 Å². The predicted molar refractivity (Wildman–Crippen MR) is 120 cm³/mol. The molecule has 2 unspecified atom stereocenters. The fourth-order valence-electron chi connectivity index (χ4n) is 4.56. The molecule has 1 saturated carbocycles. The Labute approximate surface area is 195 Å². The zero-order chi connectivity index (χ0) is 24.7. The van der Waals surface area contributed by atoms with Crippen molar-refractivity contribution in [3.63, 3.8) is 0 Å². The van der Waals surface area contributed by atoms with E-state index in [0.29, 0.717) is 33.9 Å². The van der Waals surface area contributed by atoms with Gasteiger partial charge < -0.3 is 4.57 Å². The van der Waals surface area contributed by atoms with Crippen molar-refractivity contribution in [2.24, 2.45) is 5.92 Å². The van der Waals surface area contributed by atoms with Gasteiger partial charge in [-0.3, -0.25) is 4.98 Å². The normalized spacial score (nSPS) is 19.9. The SMILES string of the molecule is CCC1CCC(n2c(-c3ccc(S(=O)(=O)N[C@@H](C)C(F)(F)F)cn3)c(C#N)c3cccnc32)C1. The summed E-state index contributed by atoms with van der Waals surface area (Å²) in [5.74, 6) is 0.562. The molecule has 1 aliphatic carbocycles. The third-order valence-corrected chi connectivity index (χ3v) is 7.97. The van der Waals surface area contributed by atoms with E-state index in [1.54, 1.807) is 17.0 Å². The fourth-order valence-corrected chi connectivity index (χ4v) is 5.73. The Morgan fingerprint density at radius 3 is 2.62 bits per heavy atom. The van der Waals surface area contributed by atoms with Crippen molar-refractivity contribution in [1.29, 1.82) is 5.26 Å². The van der Waals surface area contributed by atoms with E-state index in [9.17, 15) is 26.9 Å². The number of alkyl halides is 3. The average Bonchev–Trinajstić information content (AvgIpc) is 3.40. The minimum absolute atomic E-state index is 0.110. The number of nitrogens with zero attached hydrogens (tertiary/aromatic N) is 4. The summed E-state index contributed by atoms with van der Waals surface area (Å²) in [4.78, 5) is 8.38. The van der Waals surface area contributed by atoms with Crippen molar-refractivity contribution in [3.05, 3.63) is 42.2 Å². The molecule has 180 valence electrons. The lowest BCUT2D eigenvalue weighted by Crippen LogP contribution is -2.42. The number of fused-ring (bicyclic) bond motifs is 1. The average molecular weight is 492 g/mol. The minimum atomic E-state index is -4.71. The highest BCUT2D eigenvalue weighted by Gasteiger charge is 2.39. The van der Waals surface area contributed by atoms with Gasteiger partial charge in [-0.15, -0.1) is 0 Å². The van der Waals surface area contributed by atoms with E-state index in [1.807, 2.05) is 10.6 Å².